The lowest BCUT2D eigenvalue weighted by molar-refractivity contribution is -0.127. The number of carbonyl (C=O) groups is 1. The molecule has 0 aromatic carbocycles. The highest BCUT2D eigenvalue weighted by Gasteiger charge is 2.53. The third-order valence-corrected chi connectivity index (χ3v) is 7.04. The molecule has 1 N–H and O–H groups in total. The summed E-state index contributed by atoms with van der Waals surface area (Å²) >= 11 is 0. The fraction of sp³-hybridized carbons (Fsp3) is 0.900. The summed E-state index contributed by atoms with van der Waals surface area (Å²) in [5, 5.41) is 3.75. The zero-order valence-electron chi connectivity index (χ0n) is 16.5. The maximum Gasteiger partial charge on any atom is 0.243 e. The molecule has 0 aromatic rings. The van der Waals surface area contributed by atoms with Gasteiger partial charge >= 0.3 is 0 Å². The maximum atomic E-state index is 12.1. The summed E-state index contributed by atoms with van der Waals surface area (Å²) < 4.78 is 6.12. The highest BCUT2D eigenvalue weighted by molar-refractivity contribution is 5.85. The van der Waals surface area contributed by atoms with Gasteiger partial charge in [0.1, 0.15) is 6.54 Å². The summed E-state index contributed by atoms with van der Waals surface area (Å²) in [6.07, 6.45) is 8.45. The van der Waals surface area contributed by atoms with Gasteiger partial charge in [-0.05, 0) is 31.6 Å². The van der Waals surface area contributed by atoms with E-state index in [-0.39, 0.29) is 12.5 Å². The van der Waals surface area contributed by atoms with Gasteiger partial charge in [0.05, 0.1) is 12.2 Å². The van der Waals surface area contributed by atoms with Crippen LogP contribution in [0.3, 0.4) is 0 Å². The van der Waals surface area contributed by atoms with Crippen LogP contribution in [-0.2, 0) is 9.53 Å². The molecule has 0 radical (unpaired) electrons. The van der Waals surface area contributed by atoms with Gasteiger partial charge in [-0.3, -0.25) is 4.79 Å². The molecule has 3 aliphatic heterocycles. The van der Waals surface area contributed by atoms with Gasteiger partial charge in [-0.2, -0.15) is 0 Å². The first-order valence-electron chi connectivity index (χ1n) is 10.4. The SMILES string of the molecule is CC1CCCCC1NC(=NCC(=O)N(C)C)N1CC2C3CCC(O3)C2C1. The average Bonchev–Trinajstić information content (AvgIpc) is 3.32. The molecule has 0 aromatic heterocycles. The topological polar surface area (TPSA) is 57.2 Å². The van der Waals surface area contributed by atoms with Crippen LogP contribution in [-0.4, -0.2) is 73.6 Å². The average molecular weight is 363 g/mol. The van der Waals surface area contributed by atoms with Crippen molar-refractivity contribution >= 4 is 11.9 Å². The van der Waals surface area contributed by atoms with Gasteiger partial charge in [0.25, 0.3) is 0 Å². The Hall–Kier alpha value is -1.30. The molecule has 1 aliphatic carbocycles. The molecule has 2 bridgehead atoms. The van der Waals surface area contributed by atoms with E-state index in [9.17, 15) is 4.79 Å². The molecular formula is C20H34N4O2. The van der Waals surface area contributed by atoms with Gasteiger partial charge in [0.2, 0.25) is 5.91 Å². The third-order valence-electron chi connectivity index (χ3n) is 7.04. The lowest BCUT2D eigenvalue weighted by Gasteiger charge is -2.33. The van der Waals surface area contributed by atoms with Gasteiger partial charge in [-0.1, -0.05) is 19.8 Å². The molecule has 1 saturated carbocycles. The Balaban J connectivity index is 1.47. The van der Waals surface area contributed by atoms with Crippen LogP contribution < -0.4 is 5.32 Å². The van der Waals surface area contributed by atoms with E-state index in [1.54, 1.807) is 19.0 Å². The molecule has 26 heavy (non-hydrogen) atoms. The lowest BCUT2D eigenvalue weighted by atomic mass is 9.82. The van der Waals surface area contributed by atoms with Crippen molar-refractivity contribution in [3.05, 3.63) is 0 Å². The van der Waals surface area contributed by atoms with Crippen molar-refractivity contribution in [2.75, 3.05) is 33.7 Å². The maximum absolute atomic E-state index is 12.1. The number of nitrogens with zero attached hydrogens (tertiary/aromatic N) is 3. The van der Waals surface area contributed by atoms with Crippen molar-refractivity contribution in [2.24, 2.45) is 22.7 Å². The van der Waals surface area contributed by atoms with Crippen LogP contribution in [0, 0.1) is 17.8 Å². The Morgan fingerprint density at radius 1 is 1.12 bits per heavy atom. The fourth-order valence-electron chi connectivity index (χ4n) is 5.35. The van der Waals surface area contributed by atoms with Crippen molar-refractivity contribution in [1.29, 1.82) is 0 Å². The number of amides is 1. The molecule has 4 aliphatic rings. The molecule has 146 valence electrons. The van der Waals surface area contributed by atoms with Crippen LogP contribution in [0.2, 0.25) is 0 Å². The van der Waals surface area contributed by atoms with Gasteiger partial charge in [-0.15, -0.1) is 0 Å². The smallest absolute Gasteiger partial charge is 0.243 e. The van der Waals surface area contributed by atoms with Gasteiger partial charge in [-0.25, -0.2) is 4.99 Å². The van der Waals surface area contributed by atoms with Crippen LogP contribution >= 0.6 is 0 Å². The number of carbonyl (C=O) groups excluding carboxylic acids is 1. The highest BCUT2D eigenvalue weighted by atomic mass is 16.5. The lowest BCUT2D eigenvalue weighted by Crippen LogP contribution is -2.49. The summed E-state index contributed by atoms with van der Waals surface area (Å²) in [7, 11) is 3.59. The summed E-state index contributed by atoms with van der Waals surface area (Å²) in [5.41, 5.74) is 0. The van der Waals surface area contributed by atoms with Crippen LogP contribution in [0.15, 0.2) is 4.99 Å². The Labute approximate surface area is 157 Å². The summed E-state index contributed by atoms with van der Waals surface area (Å²) in [5.74, 6) is 2.97. The number of likely N-dealkylation sites (N-methyl/N-ethyl adjacent to an activating group) is 1. The zero-order chi connectivity index (χ0) is 18.3. The van der Waals surface area contributed by atoms with E-state index in [1.165, 1.54) is 38.5 Å². The van der Waals surface area contributed by atoms with E-state index in [0.29, 0.717) is 36.0 Å². The number of ether oxygens (including phenoxy) is 1. The number of hydrogen-bond donors (Lipinski definition) is 1. The van der Waals surface area contributed by atoms with E-state index in [1.807, 2.05) is 0 Å². The number of guanidine groups is 1. The standard InChI is InChI=1S/C20H34N4O2/c1-13-6-4-5-7-16(13)22-20(21-10-19(25)23(2)3)24-11-14-15(12-24)18-9-8-17(14)26-18/h13-18H,4-12H2,1-3H3,(H,21,22). The predicted octanol–water partition coefficient (Wildman–Crippen LogP) is 1.71. The van der Waals surface area contributed by atoms with Crippen molar-refractivity contribution in [3.8, 4) is 0 Å². The van der Waals surface area contributed by atoms with Gasteiger partial charge < -0.3 is 19.9 Å². The van der Waals surface area contributed by atoms with E-state index in [4.69, 9.17) is 9.73 Å². The Morgan fingerprint density at radius 2 is 1.77 bits per heavy atom. The number of likely N-dealkylation sites (tertiary alicyclic amines) is 1. The minimum atomic E-state index is 0.0591. The van der Waals surface area contributed by atoms with Crippen LogP contribution in [0.5, 0.6) is 0 Å². The van der Waals surface area contributed by atoms with Crippen LogP contribution in [0.25, 0.3) is 0 Å². The number of fused-ring (bicyclic) bond motifs is 5. The molecule has 6 atom stereocenters. The van der Waals surface area contributed by atoms with Crippen molar-refractivity contribution in [1.82, 2.24) is 15.1 Å². The zero-order valence-corrected chi connectivity index (χ0v) is 16.5. The van der Waals surface area contributed by atoms with Gasteiger partial charge in [0.15, 0.2) is 5.96 Å². The molecule has 4 fully saturated rings. The van der Waals surface area contributed by atoms with E-state index < -0.39 is 0 Å². The van der Waals surface area contributed by atoms with E-state index in [2.05, 4.69) is 17.1 Å². The number of rotatable bonds is 3. The number of nitrogens with one attached hydrogen (secondary N) is 1. The summed E-state index contributed by atoms with van der Waals surface area (Å²) in [6, 6.07) is 0.477. The van der Waals surface area contributed by atoms with Crippen molar-refractivity contribution in [2.45, 2.75) is 63.7 Å². The summed E-state index contributed by atoms with van der Waals surface area (Å²) in [6.45, 7) is 4.61. The second kappa shape index (κ2) is 7.37. The number of aliphatic imine (C=N–C) groups is 1. The molecule has 6 unspecified atom stereocenters. The van der Waals surface area contributed by atoms with Crippen molar-refractivity contribution < 1.29 is 9.53 Å². The molecule has 3 saturated heterocycles. The highest BCUT2D eigenvalue weighted by Crippen LogP contribution is 2.47. The minimum absolute atomic E-state index is 0.0591. The quantitative estimate of drug-likeness (QED) is 0.613. The molecule has 0 spiro atoms. The third kappa shape index (κ3) is 3.45. The second-order valence-corrected chi connectivity index (χ2v) is 8.96. The fourth-order valence-corrected chi connectivity index (χ4v) is 5.35. The summed E-state index contributed by atoms with van der Waals surface area (Å²) in [4.78, 5) is 20.9. The number of hydrogen-bond acceptors (Lipinski definition) is 3. The van der Waals surface area contributed by atoms with E-state index >= 15 is 0 Å². The van der Waals surface area contributed by atoms with E-state index in [0.717, 1.165) is 19.0 Å². The molecular weight excluding hydrogens is 328 g/mol. The van der Waals surface area contributed by atoms with Gasteiger partial charge in [0, 0.05) is 45.1 Å². The Bertz CT molecular complexity index is 546. The largest absolute Gasteiger partial charge is 0.374 e. The first kappa shape index (κ1) is 18.1. The van der Waals surface area contributed by atoms with Crippen molar-refractivity contribution in [3.63, 3.8) is 0 Å². The molecule has 3 heterocycles. The normalized spacial score (nSPS) is 39.2. The molecule has 6 nitrogen and oxygen atoms in total. The first-order chi connectivity index (χ1) is 12.5. The Morgan fingerprint density at radius 3 is 2.38 bits per heavy atom. The first-order valence-corrected chi connectivity index (χ1v) is 10.4. The Kier molecular flexibility index (Phi) is 5.13. The molecule has 6 heteroatoms. The van der Waals surface area contributed by atoms with Crippen LogP contribution in [0.4, 0.5) is 0 Å². The van der Waals surface area contributed by atoms with Crippen LogP contribution in [0.1, 0.15) is 45.4 Å². The monoisotopic (exact) mass is 362 g/mol. The molecule has 4 rings (SSSR count). The molecule has 1 amide bonds. The second-order valence-electron chi connectivity index (χ2n) is 8.96. The minimum Gasteiger partial charge on any atom is -0.374 e. The predicted molar refractivity (Wildman–Crippen MR) is 102 cm³/mol.